The first kappa shape index (κ1) is 22.3. The SMILES string of the molecule is COc1ccc(CCNC(=O)C2(OC)CCNCC2)c(OC)c1OC.Cl. The van der Waals surface area contributed by atoms with Crippen molar-refractivity contribution in [3.8, 4) is 17.2 Å². The molecule has 2 rings (SSSR count). The number of methoxy groups -OCH3 is 4. The smallest absolute Gasteiger partial charge is 0.252 e. The van der Waals surface area contributed by atoms with Crippen LogP contribution in [-0.4, -0.2) is 59.6 Å². The van der Waals surface area contributed by atoms with Crippen molar-refractivity contribution in [2.75, 3.05) is 48.1 Å². The monoisotopic (exact) mass is 388 g/mol. The van der Waals surface area contributed by atoms with Crippen LogP contribution in [0.2, 0.25) is 0 Å². The average molecular weight is 389 g/mol. The molecule has 0 radical (unpaired) electrons. The number of hydrogen-bond acceptors (Lipinski definition) is 6. The molecule has 0 atom stereocenters. The maximum absolute atomic E-state index is 12.6. The van der Waals surface area contributed by atoms with Gasteiger partial charge in [0.15, 0.2) is 11.5 Å². The molecule has 1 fully saturated rings. The van der Waals surface area contributed by atoms with Gasteiger partial charge in [0.2, 0.25) is 5.75 Å². The average Bonchev–Trinajstić information content (AvgIpc) is 2.67. The molecule has 8 heteroatoms. The molecule has 0 aliphatic carbocycles. The van der Waals surface area contributed by atoms with E-state index in [-0.39, 0.29) is 18.3 Å². The molecule has 1 aromatic rings. The molecule has 0 bridgehead atoms. The van der Waals surface area contributed by atoms with E-state index >= 15 is 0 Å². The Morgan fingerprint density at radius 1 is 1.08 bits per heavy atom. The van der Waals surface area contributed by atoms with E-state index in [1.54, 1.807) is 28.4 Å². The first-order chi connectivity index (χ1) is 12.1. The quantitative estimate of drug-likeness (QED) is 0.703. The van der Waals surface area contributed by atoms with Gasteiger partial charge in [-0.3, -0.25) is 4.79 Å². The van der Waals surface area contributed by atoms with E-state index in [9.17, 15) is 4.79 Å². The van der Waals surface area contributed by atoms with Crippen LogP contribution < -0.4 is 24.8 Å². The highest BCUT2D eigenvalue weighted by Gasteiger charge is 2.39. The minimum Gasteiger partial charge on any atom is -0.493 e. The predicted molar refractivity (Wildman–Crippen MR) is 102 cm³/mol. The van der Waals surface area contributed by atoms with Crippen LogP contribution in [0.5, 0.6) is 17.2 Å². The van der Waals surface area contributed by atoms with E-state index in [0.717, 1.165) is 18.7 Å². The largest absolute Gasteiger partial charge is 0.493 e. The van der Waals surface area contributed by atoms with Crippen LogP contribution in [0.1, 0.15) is 18.4 Å². The van der Waals surface area contributed by atoms with Crippen molar-refractivity contribution < 1.29 is 23.7 Å². The van der Waals surface area contributed by atoms with Gasteiger partial charge < -0.3 is 29.6 Å². The number of carbonyl (C=O) groups excluding carboxylic acids is 1. The van der Waals surface area contributed by atoms with Crippen LogP contribution >= 0.6 is 12.4 Å². The zero-order valence-corrected chi connectivity index (χ0v) is 16.7. The Bertz CT molecular complexity index is 591. The molecule has 1 aliphatic rings. The summed E-state index contributed by atoms with van der Waals surface area (Å²) in [4.78, 5) is 12.6. The summed E-state index contributed by atoms with van der Waals surface area (Å²) >= 11 is 0. The summed E-state index contributed by atoms with van der Waals surface area (Å²) in [6.07, 6.45) is 1.97. The number of ether oxygens (including phenoxy) is 4. The van der Waals surface area contributed by atoms with Gasteiger partial charge in [-0.05, 0) is 38.4 Å². The predicted octanol–water partition coefficient (Wildman–Crippen LogP) is 1.56. The minimum absolute atomic E-state index is 0. The Morgan fingerprint density at radius 3 is 2.27 bits per heavy atom. The summed E-state index contributed by atoms with van der Waals surface area (Å²) in [7, 11) is 6.35. The first-order valence-electron chi connectivity index (χ1n) is 8.44. The van der Waals surface area contributed by atoms with Gasteiger partial charge in [-0.1, -0.05) is 6.07 Å². The second-order valence-corrected chi connectivity index (χ2v) is 5.95. The van der Waals surface area contributed by atoms with Crippen molar-refractivity contribution in [2.45, 2.75) is 24.9 Å². The molecule has 1 aliphatic heterocycles. The van der Waals surface area contributed by atoms with E-state index in [1.807, 2.05) is 12.1 Å². The molecular formula is C18H29ClN2O5. The molecule has 2 N–H and O–H groups in total. The summed E-state index contributed by atoms with van der Waals surface area (Å²) in [5, 5.41) is 6.24. The minimum atomic E-state index is -0.729. The lowest BCUT2D eigenvalue weighted by molar-refractivity contribution is -0.146. The number of carbonyl (C=O) groups is 1. The van der Waals surface area contributed by atoms with Crippen LogP contribution in [0.3, 0.4) is 0 Å². The fraction of sp³-hybridized carbons (Fsp3) is 0.611. The summed E-state index contributed by atoms with van der Waals surface area (Å²) in [5.41, 5.74) is 0.213. The van der Waals surface area contributed by atoms with E-state index in [0.29, 0.717) is 43.1 Å². The Morgan fingerprint density at radius 2 is 1.73 bits per heavy atom. The number of halogens is 1. The van der Waals surface area contributed by atoms with Crippen molar-refractivity contribution in [1.29, 1.82) is 0 Å². The van der Waals surface area contributed by atoms with Gasteiger partial charge in [-0.25, -0.2) is 0 Å². The normalized spacial score (nSPS) is 15.5. The number of benzene rings is 1. The zero-order chi connectivity index (χ0) is 18.3. The summed E-state index contributed by atoms with van der Waals surface area (Å²) in [6, 6.07) is 3.75. The maximum Gasteiger partial charge on any atom is 0.252 e. The molecule has 1 saturated heterocycles. The third kappa shape index (κ3) is 4.72. The topological polar surface area (TPSA) is 78.1 Å². The molecule has 26 heavy (non-hydrogen) atoms. The summed E-state index contributed by atoms with van der Waals surface area (Å²) < 4.78 is 21.7. The highest BCUT2D eigenvalue weighted by atomic mass is 35.5. The molecule has 1 amide bonds. The summed E-state index contributed by atoms with van der Waals surface area (Å²) in [6.45, 7) is 2.05. The Hall–Kier alpha value is -1.70. The second-order valence-electron chi connectivity index (χ2n) is 5.95. The van der Waals surface area contributed by atoms with E-state index in [2.05, 4.69) is 10.6 Å². The molecule has 148 valence electrons. The van der Waals surface area contributed by atoms with Crippen molar-refractivity contribution in [2.24, 2.45) is 0 Å². The number of nitrogens with one attached hydrogen (secondary N) is 2. The van der Waals surface area contributed by atoms with Gasteiger partial charge in [0, 0.05) is 19.2 Å². The second kappa shape index (κ2) is 10.4. The fourth-order valence-corrected chi connectivity index (χ4v) is 3.19. The lowest BCUT2D eigenvalue weighted by Gasteiger charge is -2.34. The highest BCUT2D eigenvalue weighted by Crippen LogP contribution is 2.39. The maximum atomic E-state index is 12.6. The third-order valence-electron chi connectivity index (χ3n) is 4.68. The van der Waals surface area contributed by atoms with Gasteiger partial charge in [0.25, 0.3) is 5.91 Å². The van der Waals surface area contributed by atoms with E-state index < -0.39 is 5.60 Å². The van der Waals surface area contributed by atoms with Crippen molar-refractivity contribution >= 4 is 18.3 Å². The number of amides is 1. The number of rotatable bonds is 8. The molecule has 0 spiro atoms. The lowest BCUT2D eigenvalue weighted by Crippen LogP contribution is -2.54. The van der Waals surface area contributed by atoms with Crippen LogP contribution in [0.15, 0.2) is 12.1 Å². The van der Waals surface area contributed by atoms with Gasteiger partial charge >= 0.3 is 0 Å². The van der Waals surface area contributed by atoms with Crippen LogP contribution in [-0.2, 0) is 16.0 Å². The van der Waals surface area contributed by atoms with Crippen molar-refractivity contribution in [1.82, 2.24) is 10.6 Å². The summed E-state index contributed by atoms with van der Waals surface area (Å²) in [5.74, 6) is 1.73. The van der Waals surface area contributed by atoms with Gasteiger partial charge in [-0.2, -0.15) is 0 Å². The van der Waals surface area contributed by atoms with E-state index in [4.69, 9.17) is 18.9 Å². The number of piperidine rings is 1. The fourth-order valence-electron chi connectivity index (χ4n) is 3.19. The van der Waals surface area contributed by atoms with Crippen LogP contribution in [0.25, 0.3) is 0 Å². The van der Waals surface area contributed by atoms with E-state index in [1.165, 1.54) is 0 Å². The van der Waals surface area contributed by atoms with Crippen molar-refractivity contribution in [3.63, 3.8) is 0 Å². The zero-order valence-electron chi connectivity index (χ0n) is 15.8. The molecule has 0 saturated carbocycles. The Balaban J connectivity index is 0.00000338. The van der Waals surface area contributed by atoms with Crippen LogP contribution in [0, 0.1) is 0 Å². The first-order valence-corrected chi connectivity index (χ1v) is 8.44. The molecule has 0 unspecified atom stereocenters. The lowest BCUT2D eigenvalue weighted by atomic mass is 9.91. The molecule has 0 aromatic heterocycles. The molecule has 1 aromatic carbocycles. The third-order valence-corrected chi connectivity index (χ3v) is 4.68. The van der Waals surface area contributed by atoms with Gasteiger partial charge in [0.1, 0.15) is 5.60 Å². The standard InChI is InChI=1S/C18H28N2O5.ClH/c1-22-14-6-5-13(15(23-2)16(14)24-3)7-10-20-17(21)18(25-4)8-11-19-12-9-18;/h5-6,19H,7-12H2,1-4H3,(H,20,21);1H. The van der Waals surface area contributed by atoms with Gasteiger partial charge in [0.05, 0.1) is 21.3 Å². The highest BCUT2D eigenvalue weighted by molar-refractivity contribution is 5.85. The van der Waals surface area contributed by atoms with Crippen LogP contribution in [0.4, 0.5) is 0 Å². The molecule has 1 heterocycles. The molecule has 7 nitrogen and oxygen atoms in total. The molecular weight excluding hydrogens is 360 g/mol. The Kier molecular flexibility index (Phi) is 8.98. The van der Waals surface area contributed by atoms with Gasteiger partial charge in [-0.15, -0.1) is 12.4 Å². The number of hydrogen-bond donors (Lipinski definition) is 2. The van der Waals surface area contributed by atoms with Crippen molar-refractivity contribution in [3.05, 3.63) is 17.7 Å². The Labute approximate surface area is 161 Å².